The first-order valence-electron chi connectivity index (χ1n) is 10.6. The Morgan fingerprint density at radius 1 is 1.17 bits per heavy atom. The number of likely N-dealkylation sites (tertiary alicyclic amines) is 2. The first-order chi connectivity index (χ1) is 14.6. The molecule has 1 amide bonds. The Labute approximate surface area is 178 Å². The van der Waals surface area contributed by atoms with E-state index in [-0.39, 0.29) is 17.9 Å². The molecule has 30 heavy (non-hydrogen) atoms. The van der Waals surface area contributed by atoms with Crippen molar-refractivity contribution in [2.45, 2.75) is 6.42 Å². The molecule has 2 aliphatic heterocycles. The van der Waals surface area contributed by atoms with Gasteiger partial charge in [0, 0.05) is 38.1 Å². The van der Waals surface area contributed by atoms with Crippen molar-refractivity contribution in [1.82, 2.24) is 9.80 Å². The van der Waals surface area contributed by atoms with E-state index in [2.05, 4.69) is 29.2 Å². The van der Waals surface area contributed by atoms with Gasteiger partial charge in [-0.15, -0.1) is 0 Å². The molecule has 5 nitrogen and oxygen atoms in total. The van der Waals surface area contributed by atoms with Crippen LogP contribution in [-0.2, 0) is 11.2 Å². The Morgan fingerprint density at radius 2 is 2.00 bits per heavy atom. The number of fused-ring (bicyclic) bond motifs is 1. The molecule has 4 rings (SSSR count). The zero-order chi connectivity index (χ0) is 21.0. The summed E-state index contributed by atoms with van der Waals surface area (Å²) in [4.78, 5) is 17.2. The third kappa shape index (κ3) is 4.42. The van der Waals surface area contributed by atoms with E-state index in [9.17, 15) is 9.90 Å². The molecule has 1 N–H and O–H groups in total. The predicted octanol–water partition coefficient (Wildman–Crippen LogP) is 2.70. The maximum Gasteiger partial charge on any atom is 0.227 e. The monoisotopic (exact) mass is 406 g/mol. The number of carbonyl (C=O) groups is 1. The lowest BCUT2D eigenvalue weighted by Crippen LogP contribution is -2.39. The molecular formula is C25H30N2O3. The smallest absolute Gasteiger partial charge is 0.227 e. The normalized spacial score (nSPS) is 23.8. The number of amides is 1. The molecule has 2 aromatic rings. The molecule has 5 heteroatoms. The average molecular weight is 407 g/mol. The van der Waals surface area contributed by atoms with E-state index in [1.165, 1.54) is 5.56 Å². The van der Waals surface area contributed by atoms with E-state index in [1.807, 2.05) is 47.4 Å². The third-order valence-electron chi connectivity index (χ3n) is 6.46. The van der Waals surface area contributed by atoms with Gasteiger partial charge in [0.25, 0.3) is 0 Å². The summed E-state index contributed by atoms with van der Waals surface area (Å²) in [5.74, 6) is 1.22. The van der Waals surface area contributed by atoms with Crippen LogP contribution in [0.4, 0.5) is 0 Å². The first-order valence-corrected chi connectivity index (χ1v) is 10.6. The van der Waals surface area contributed by atoms with E-state index < -0.39 is 0 Å². The van der Waals surface area contributed by atoms with Gasteiger partial charge in [-0.05, 0) is 29.2 Å². The van der Waals surface area contributed by atoms with Crippen molar-refractivity contribution in [3.05, 3.63) is 71.8 Å². The Hall–Kier alpha value is -2.63. The summed E-state index contributed by atoms with van der Waals surface area (Å²) >= 11 is 0. The number of aliphatic hydroxyl groups is 1. The van der Waals surface area contributed by atoms with Crippen molar-refractivity contribution in [2.24, 2.45) is 11.3 Å². The second kappa shape index (κ2) is 9.02. The molecule has 0 aliphatic carbocycles. The Bertz CT molecular complexity index is 898. The largest absolute Gasteiger partial charge is 0.497 e. The summed E-state index contributed by atoms with van der Waals surface area (Å²) in [6, 6.07) is 18.0. The molecule has 158 valence electrons. The molecule has 0 unspecified atom stereocenters. The van der Waals surface area contributed by atoms with Crippen LogP contribution in [0.2, 0.25) is 0 Å². The molecule has 0 aromatic heterocycles. The number of carbonyl (C=O) groups excluding carboxylic acids is 1. The predicted molar refractivity (Wildman–Crippen MR) is 118 cm³/mol. The average Bonchev–Trinajstić information content (AvgIpc) is 3.29. The van der Waals surface area contributed by atoms with E-state index in [4.69, 9.17) is 4.74 Å². The van der Waals surface area contributed by atoms with Crippen molar-refractivity contribution in [3.8, 4) is 5.75 Å². The van der Waals surface area contributed by atoms with Crippen molar-refractivity contribution >= 4 is 12.0 Å². The van der Waals surface area contributed by atoms with Crippen LogP contribution >= 0.6 is 0 Å². The van der Waals surface area contributed by atoms with Crippen LogP contribution in [0, 0.1) is 11.3 Å². The minimum atomic E-state index is -0.204. The van der Waals surface area contributed by atoms with E-state index in [0.717, 1.165) is 37.5 Å². The number of benzene rings is 2. The van der Waals surface area contributed by atoms with Gasteiger partial charge in [0.2, 0.25) is 5.91 Å². The number of nitrogens with zero attached hydrogens (tertiary/aromatic N) is 2. The Balaban J connectivity index is 1.34. The van der Waals surface area contributed by atoms with Crippen LogP contribution in [0.5, 0.6) is 5.75 Å². The SMILES string of the molecule is COc1cccc(CC(=O)N2C[C@@H]3CN(C/C=C/c4ccccc4)C[C@]3(CO)C2)c1. The fraction of sp³-hybridized carbons (Fsp3) is 0.400. The lowest BCUT2D eigenvalue weighted by atomic mass is 9.82. The fourth-order valence-electron chi connectivity index (χ4n) is 4.81. The second-order valence-corrected chi connectivity index (χ2v) is 8.53. The molecule has 0 saturated carbocycles. The van der Waals surface area contributed by atoms with Gasteiger partial charge in [0.15, 0.2) is 0 Å². The van der Waals surface area contributed by atoms with E-state index >= 15 is 0 Å². The number of ether oxygens (including phenoxy) is 1. The summed E-state index contributed by atoms with van der Waals surface area (Å²) in [7, 11) is 1.63. The maximum atomic E-state index is 12.9. The molecule has 2 aliphatic rings. The maximum absolute atomic E-state index is 12.9. The third-order valence-corrected chi connectivity index (χ3v) is 6.46. The van der Waals surface area contributed by atoms with Gasteiger partial charge in [0.1, 0.15) is 5.75 Å². The highest BCUT2D eigenvalue weighted by atomic mass is 16.5. The molecule has 0 spiro atoms. The number of aliphatic hydroxyl groups excluding tert-OH is 1. The Kier molecular flexibility index (Phi) is 6.21. The number of rotatable bonds is 7. The molecule has 2 aromatic carbocycles. The standard InChI is InChI=1S/C25H30N2O3/c1-30-23-11-5-9-21(13-23)14-24(29)27-16-22-15-26(17-25(22,18-27)19-28)12-6-10-20-7-3-2-4-8-20/h2-11,13,22,28H,12,14-19H2,1H3/b10-6+/t22-,25+/m0/s1. The number of hydrogen-bond donors (Lipinski definition) is 1. The highest BCUT2D eigenvalue weighted by Gasteiger charge is 2.52. The highest BCUT2D eigenvalue weighted by molar-refractivity contribution is 5.79. The zero-order valence-corrected chi connectivity index (χ0v) is 17.5. The molecular weight excluding hydrogens is 376 g/mol. The number of hydrogen-bond acceptors (Lipinski definition) is 4. The van der Waals surface area contributed by atoms with Gasteiger partial charge in [-0.3, -0.25) is 9.69 Å². The minimum absolute atomic E-state index is 0.125. The van der Waals surface area contributed by atoms with Crippen molar-refractivity contribution in [1.29, 1.82) is 0 Å². The van der Waals surface area contributed by atoms with Gasteiger partial charge in [-0.1, -0.05) is 54.6 Å². The van der Waals surface area contributed by atoms with Gasteiger partial charge < -0.3 is 14.7 Å². The molecule has 2 fully saturated rings. The first kappa shape index (κ1) is 20.6. The summed E-state index contributed by atoms with van der Waals surface area (Å²) in [5, 5.41) is 10.2. The lowest BCUT2D eigenvalue weighted by molar-refractivity contribution is -0.130. The van der Waals surface area contributed by atoms with Gasteiger partial charge in [0.05, 0.1) is 20.1 Å². The minimum Gasteiger partial charge on any atom is -0.497 e. The summed E-state index contributed by atoms with van der Waals surface area (Å²) < 4.78 is 5.26. The fourth-order valence-corrected chi connectivity index (χ4v) is 4.81. The molecule has 0 bridgehead atoms. The van der Waals surface area contributed by atoms with Gasteiger partial charge >= 0.3 is 0 Å². The Morgan fingerprint density at radius 3 is 2.73 bits per heavy atom. The molecule has 2 atom stereocenters. The summed E-state index contributed by atoms with van der Waals surface area (Å²) in [6.07, 6.45) is 4.70. The van der Waals surface area contributed by atoms with Crippen molar-refractivity contribution in [3.63, 3.8) is 0 Å². The van der Waals surface area contributed by atoms with Crippen molar-refractivity contribution in [2.75, 3.05) is 46.4 Å². The highest BCUT2D eigenvalue weighted by Crippen LogP contribution is 2.42. The van der Waals surface area contributed by atoms with Crippen LogP contribution in [0.25, 0.3) is 6.08 Å². The van der Waals surface area contributed by atoms with Crippen LogP contribution < -0.4 is 4.74 Å². The van der Waals surface area contributed by atoms with E-state index in [0.29, 0.717) is 18.9 Å². The topological polar surface area (TPSA) is 53.0 Å². The number of methoxy groups -OCH3 is 1. The summed E-state index contributed by atoms with van der Waals surface area (Å²) in [6.45, 7) is 4.10. The van der Waals surface area contributed by atoms with Gasteiger partial charge in [-0.25, -0.2) is 0 Å². The lowest BCUT2D eigenvalue weighted by Gasteiger charge is -2.27. The van der Waals surface area contributed by atoms with Gasteiger partial charge in [-0.2, -0.15) is 0 Å². The molecule has 0 radical (unpaired) electrons. The van der Waals surface area contributed by atoms with Crippen LogP contribution in [0.3, 0.4) is 0 Å². The zero-order valence-electron chi connectivity index (χ0n) is 17.5. The van der Waals surface area contributed by atoms with Crippen molar-refractivity contribution < 1.29 is 14.6 Å². The molecule has 2 heterocycles. The summed E-state index contributed by atoms with van der Waals surface area (Å²) in [5.41, 5.74) is 1.95. The van der Waals surface area contributed by atoms with E-state index in [1.54, 1.807) is 7.11 Å². The van der Waals surface area contributed by atoms with Crippen LogP contribution in [0.15, 0.2) is 60.7 Å². The second-order valence-electron chi connectivity index (χ2n) is 8.53. The van der Waals surface area contributed by atoms with Crippen LogP contribution in [0.1, 0.15) is 11.1 Å². The quantitative estimate of drug-likeness (QED) is 0.768. The molecule has 2 saturated heterocycles. The van der Waals surface area contributed by atoms with Crippen LogP contribution in [-0.4, -0.2) is 67.3 Å².